The highest BCUT2D eigenvalue weighted by Gasteiger charge is 2.22. The first kappa shape index (κ1) is 16.7. The summed E-state index contributed by atoms with van der Waals surface area (Å²) in [5.41, 5.74) is 5.99. The fraction of sp³-hybridized carbons (Fsp3) is 0. The van der Waals surface area contributed by atoms with Crippen molar-refractivity contribution in [2.75, 3.05) is 10.5 Å². The molecule has 0 aliphatic heterocycles. The summed E-state index contributed by atoms with van der Waals surface area (Å²) < 4.78 is 27.5. The summed E-state index contributed by atoms with van der Waals surface area (Å²) in [7, 11) is -3.96. The van der Waals surface area contributed by atoms with E-state index in [1.807, 2.05) is 0 Å². The molecular weight excluding hydrogens is 422 g/mol. The number of rotatable bonds is 3. The molecule has 21 heavy (non-hydrogen) atoms. The second-order valence-electron chi connectivity index (χ2n) is 4.01. The van der Waals surface area contributed by atoms with Crippen molar-refractivity contribution < 1.29 is 8.42 Å². The average Bonchev–Trinajstić information content (AvgIpc) is 2.38. The number of nitrogen functional groups attached to an aromatic ring is 1. The summed E-state index contributed by atoms with van der Waals surface area (Å²) >= 11 is 20.9. The molecule has 2 aromatic rings. The van der Waals surface area contributed by atoms with E-state index in [1.54, 1.807) is 6.07 Å². The summed E-state index contributed by atoms with van der Waals surface area (Å²) in [6, 6.07) is 7.36. The van der Waals surface area contributed by atoms with Gasteiger partial charge in [-0.15, -0.1) is 0 Å². The molecule has 4 nitrogen and oxygen atoms in total. The fourth-order valence-electron chi connectivity index (χ4n) is 1.56. The van der Waals surface area contributed by atoms with Crippen molar-refractivity contribution in [3.05, 3.63) is 49.9 Å². The van der Waals surface area contributed by atoms with Crippen LogP contribution >= 0.6 is 50.7 Å². The minimum atomic E-state index is -3.96. The topological polar surface area (TPSA) is 72.2 Å². The number of nitrogens with two attached hydrogens (primary N) is 1. The van der Waals surface area contributed by atoms with E-state index in [2.05, 4.69) is 20.7 Å². The zero-order valence-corrected chi connectivity index (χ0v) is 14.9. The lowest BCUT2D eigenvalue weighted by atomic mass is 10.3. The van der Waals surface area contributed by atoms with Gasteiger partial charge in [-0.05, 0) is 40.2 Å². The van der Waals surface area contributed by atoms with E-state index in [1.165, 1.54) is 24.3 Å². The highest BCUT2D eigenvalue weighted by Crippen LogP contribution is 2.35. The van der Waals surface area contributed by atoms with E-state index >= 15 is 0 Å². The largest absolute Gasteiger partial charge is 0.398 e. The molecule has 0 aliphatic carbocycles. The van der Waals surface area contributed by atoms with Gasteiger partial charge in [-0.1, -0.05) is 40.9 Å². The summed E-state index contributed by atoms with van der Waals surface area (Å²) in [6.07, 6.45) is 0. The van der Waals surface area contributed by atoms with Crippen LogP contribution in [0.25, 0.3) is 0 Å². The number of para-hydroxylation sites is 1. The average molecular weight is 431 g/mol. The van der Waals surface area contributed by atoms with Gasteiger partial charge in [-0.25, -0.2) is 8.42 Å². The number of sulfonamides is 1. The first-order chi connectivity index (χ1) is 9.72. The number of anilines is 2. The van der Waals surface area contributed by atoms with Crippen LogP contribution in [-0.2, 0) is 10.0 Å². The van der Waals surface area contributed by atoms with Crippen molar-refractivity contribution in [1.82, 2.24) is 0 Å². The van der Waals surface area contributed by atoms with Gasteiger partial charge in [0.25, 0.3) is 10.0 Å². The Kier molecular flexibility index (Phi) is 4.95. The number of halogens is 4. The van der Waals surface area contributed by atoms with Gasteiger partial charge in [-0.3, -0.25) is 4.72 Å². The molecule has 9 heteroatoms. The molecule has 112 valence electrons. The Morgan fingerprint density at radius 3 is 2.24 bits per heavy atom. The molecule has 0 aliphatic rings. The SMILES string of the molecule is Nc1cc(Cl)cc(S(=O)(=O)Nc2c(Cl)cccc2Cl)c1Br. The third-order valence-electron chi connectivity index (χ3n) is 2.52. The molecule has 0 amide bonds. The summed E-state index contributed by atoms with van der Waals surface area (Å²) in [4.78, 5) is -0.108. The second kappa shape index (κ2) is 6.22. The smallest absolute Gasteiger partial charge is 0.263 e. The third-order valence-corrected chi connectivity index (χ3v) is 5.89. The first-order valence-electron chi connectivity index (χ1n) is 5.43. The molecule has 3 N–H and O–H groups in total. The van der Waals surface area contributed by atoms with Gasteiger partial charge in [0.15, 0.2) is 0 Å². The Bertz CT molecular complexity index is 792. The molecule has 0 saturated carbocycles. The maximum absolute atomic E-state index is 12.5. The standard InChI is InChI=1S/C12H8BrCl3N2O2S/c13-11-9(17)4-6(14)5-10(11)21(19,20)18-12-7(15)2-1-3-8(12)16/h1-5,18H,17H2. The minimum absolute atomic E-state index is 0.0891. The number of hydrogen-bond donors (Lipinski definition) is 2. The van der Waals surface area contributed by atoms with Crippen LogP contribution < -0.4 is 10.5 Å². The van der Waals surface area contributed by atoms with E-state index in [-0.39, 0.29) is 35.8 Å². The molecule has 0 saturated heterocycles. The predicted molar refractivity (Wildman–Crippen MR) is 90.8 cm³/mol. The Morgan fingerprint density at radius 2 is 1.67 bits per heavy atom. The number of nitrogens with one attached hydrogen (secondary N) is 1. The van der Waals surface area contributed by atoms with E-state index in [0.29, 0.717) is 0 Å². The van der Waals surface area contributed by atoms with Crippen molar-refractivity contribution in [2.24, 2.45) is 0 Å². The van der Waals surface area contributed by atoms with Gasteiger partial charge < -0.3 is 5.73 Å². The minimum Gasteiger partial charge on any atom is -0.398 e. The molecule has 0 spiro atoms. The monoisotopic (exact) mass is 428 g/mol. The normalized spacial score (nSPS) is 11.4. The van der Waals surface area contributed by atoms with E-state index < -0.39 is 10.0 Å². The third kappa shape index (κ3) is 3.57. The Labute approximate surface area is 145 Å². The fourth-order valence-corrected chi connectivity index (χ4v) is 4.56. The van der Waals surface area contributed by atoms with E-state index in [9.17, 15) is 8.42 Å². The highest BCUT2D eigenvalue weighted by atomic mass is 79.9. The van der Waals surface area contributed by atoms with Crippen LogP contribution in [0, 0.1) is 0 Å². The summed E-state index contributed by atoms with van der Waals surface area (Å²) in [5, 5.41) is 0.552. The van der Waals surface area contributed by atoms with Crippen LogP contribution in [0.15, 0.2) is 39.7 Å². The van der Waals surface area contributed by atoms with Crippen LogP contribution in [0.2, 0.25) is 15.1 Å². The molecular formula is C12H8BrCl3N2O2S. The van der Waals surface area contributed by atoms with Gasteiger partial charge in [0, 0.05) is 10.7 Å². The molecule has 0 fully saturated rings. The lowest BCUT2D eigenvalue weighted by Crippen LogP contribution is -2.15. The van der Waals surface area contributed by atoms with Crippen molar-refractivity contribution in [2.45, 2.75) is 4.90 Å². The Balaban J connectivity index is 2.54. The summed E-state index contributed by atoms with van der Waals surface area (Å²) in [5.74, 6) is 0. The van der Waals surface area contributed by atoms with Crippen LogP contribution in [0.5, 0.6) is 0 Å². The van der Waals surface area contributed by atoms with E-state index in [4.69, 9.17) is 40.5 Å². The summed E-state index contributed by atoms with van der Waals surface area (Å²) in [6.45, 7) is 0. The van der Waals surface area contributed by atoms with Crippen LogP contribution in [0.1, 0.15) is 0 Å². The number of benzene rings is 2. The quantitative estimate of drug-likeness (QED) is 0.688. The molecule has 0 aromatic heterocycles. The zero-order chi connectivity index (χ0) is 15.8. The van der Waals surface area contributed by atoms with Gasteiger partial charge in [0.2, 0.25) is 0 Å². The second-order valence-corrected chi connectivity index (χ2v) is 7.70. The van der Waals surface area contributed by atoms with Crippen LogP contribution in [0.4, 0.5) is 11.4 Å². The lowest BCUT2D eigenvalue weighted by molar-refractivity contribution is 0.601. The molecule has 0 radical (unpaired) electrons. The van der Waals surface area contributed by atoms with Crippen molar-refractivity contribution in [3.63, 3.8) is 0 Å². The van der Waals surface area contributed by atoms with Crippen molar-refractivity contribution >= 4 is 72.1 Å². The highest BCUT2D eigenvalue weighted by molar-refractivity contribution is 9.10. The van der Waals surface area contributed by atoms with Crippen molar-refractivity contribution in [1.29, 1.82) is 0 Å². The van der Waals surface area contributed by atoms with Crippen molar-refractivity contribution in [3.8, 4) is 0 Å². The first-order valence-corrected chi connectivity index (χ1v) is 8.84. The molecule has 0 heterocycles. The van der Waals surface area contributed by atoms with Gasteiger partial charge in [0.05, 0.1) is 20.2 Å². The molecule has 2 aromatic carbocycles. The predicted octanol–water partition coefficient (Wildman–Crippen LogP) is 4.79. The lowest BCUT2D eigenvalue weighted by Gasteiger charge is -2.13. The van der Waals surface area contributed by atoms with Gasteiger partial charge in [0.1, 0.15) is 4.90 Å². The van der Waals surface area contributed by atoms with Gasteiger partial charge >= 0.3 is 0 Å². The number of hydrogen-bond acceptors (Lipinski definition) is 3. The molecule has 0 atom stereocenters. The van der Waals surface area contributed by atoms with E-state index in [0.717, 1.165) is 0 Å². The molecule has 0 unspecified atom stereocenters. The van der Waals surface area contributed by atoms with Crippen LogP contribution in [0.3, 0.4) is 0 Å². The Morgan fingerprint density at radius 1 is 1.10 bits per heavy atom. The Hall–Kier alpha value is -0.660. The molecule has 2 rings (SSSR count). The van der Waals surface area contributed by atoms with Crippen LogP contribution in [-0.4, -0.2) is 8.42 Å². The zero-order valence-electron chi connectivity index (χ0n) is 10.2. The maximum Gasteiger partial charge on any atom is 0.263 e. The maximum atomic E-state index is 12.5. The van der Waals surface area contributed by atoms with Gasteiger partial charge in [-0.2, -0.15) is 0 Å². The molecule has 0 bridgehead atoms.